The molecule has 0 saturated heterocycles. The summed E-state index contributed by atoms with van der Waals surface area (Å²) in [6.45, 7) is 6.62. The molecule has 32 heavy (non-hydrogen) atoms. The number of benzene rings is 2. The van der Waals surface area contributed by atoms with Crippen LogP contribution in [0.25, 0.3) is 5.69 Å². The fourth-order valence-electron chi connectivity index (χ4n) is 4.21. The lowest BCUT2D eigenvalue weighted by molar-refractivity contribution is 0.327. The molecule has 2 aliphatic heterocycles. The standard InChI is InChI=1S/C25H22Cl2N4O/c1-4-32-21-8-6-5-7-19(21)23-22-16(3)29-31(18-11-9-15(2)10-12-18)25(22)28-24-20(27)13-17(26)14-30(23)24/h5-14,23H,4H2,1-3H3. The van der Waals surface area contributed by atoms with E-state index >= 15 is 0 Å². The van der Waals surface area contributed by atoms with Gasteiger partial charge in [0.25, 0.3) is 0 Å². The van der Waals surface area contributed by atoms with E-state index in [1.165, 1.54) is 5.56 Å². The summed E-state index contributed by atoms with van der Waals surface area (Å²) in [6, 6.07) is 16.0. The normalized spacial score (nSPS) is 17.2. The van der Waals surface area contributed by atoms with E-state index in [0.717, 1.165) is 34.1 Å². The summed E-state index contributed by atoms with van der Waals surface area (Å²) in [5.41, 5.74) is 5.01. The molecule has 0 radical (unpaired) electrons. The van der Waals surface area contributed by atoms with Gasteiger partial charge in [0, 0.05) is 17.3 Å². The van der Waals surface area contributed by atoms with Gasteiger partial charge < -0.3 is 9.64 Å². The second-order valence-corrected chi connectivity index (χ2v) is 8.64. The number of hydrogen-bond donors (Lipinski definition) is 0. The number of nitrogens with zero attached hydrogens (tertiary/aromatic N) is 4. The number of rotatable bonds is 4. The Hall–Kier alpha value is -3.02. The highest BCUT2D eigenvalue weighted by Crippen LogP contribution is 2.47. The largest absolute Gasteiger partial charge is 0.494 e. The second-order valence-electron chi connectivity index (χ2n) is 7.79. The first-order valence-corrected chi connectivity index (χ1v) is 11.2. The van der Waals surface area contributed by atoms with E-state index < -0.39 is 0 Å². The van der Waals surface area contributed by atoms with Crippen LogP contribution in [0.3, 0.4) is 0 Å². The van der Waals surface area contributed by atoms with Gasteiger partial charge in [-0.3, -0.25) is 0 Å². The molecule has 0 N–H and O–H groups in total. The molecule has 0 amide bonds. The Labute approximate surface area is 197 Å². The molecule has 3 aromatic rings. The van der Waals surface area contributed by atoms with Gasteiger partial charge in [-0.2, -0.15) is 5.10 Å². The predicted octanol–water partition coefficient (Wildman–Crippen LogP) is 6.54. The highest BCUT2D eigenvalue weighted by Gasteiger charge is 2.39. The van der Waals surface area contributed by atoms with Crippen molar-refractivity contribution in [1.82, 2.24) is 14.7 Å². The van der Waals surface area contributed by atoms with Crippen molar-refractivity contribution in [2.75, 3.05) is 6.61 Å². The Morgan fingerprint density at radius 3 is 2.53 bits per heavy atom. The van der Waals surface area contributed by atoms with Gasteiger partial charge in [0.2, 0.25) is 0 Å². The summed E-state index contributed by atoms with van der Waals surface area (Å²) < 4.78 is 7.87. The number of aliphatic imine (C=N–C) groups is 1. The van der Waals surface area contributed by atoms with Gasteiger partial charge in [-0.1, -0.05) is 59.1 Å². The van der Waals surface area contributed by atoms with E-state index in [4.69, 9.17) is 38.0 Å². The van der Waals surface area contributed by atoms with E-state index in [9.17, 15) is 0 Å². The zero-order valence-electron chi connectivity index (χ0n) is 18.0. The first kappa shape index (κ1) is 20.9. The zero-order chi connectivity index (χ0) is 22.4. The molecule has 0 fully saturated rings. The van der Waals surface area contributed by atoms with Crippen LogP contribution in [0.1, 0.15) is 35.3 Å². The van der Waals surface area contributed by atoms with Crippen LogP contribution in [0.2, 0.25) is 0 Å². The summed E-state index contributed by atoms with van der Waals surface area (Å²) in [5, 5.41) is 5.90. The van der Waals surface area contributed by atoms with Crippen LogP contribution in [-0.4, -0.2) is 27.1 Å². The first-order chi connectivity index (χ1) is 15.5. The number of amidine groups is 1. The average Bonchev–Trinajstić information content (AvgIpc) is 3.10. The monoisotopic (exact) mass is 464 g/mol. The van der Waals surface area contributed by atoms with Crippen LogP contribution < -0.4 is 4.74 Å². The van der Waals surface area contributed by atoms with Gasteiger partial charge in [-0.05, 0) is 45.0 Å². The Balaban J connectivity index is 1.78. The van der Waals surface area contributed by atoms with Crippen molar-refractivity contribution < 1.29 is 4.74 Å². The number of para-hydroxylation sites is 1. The summed E-state index contributed by atoms with van der Waals surface area (Å²) in [5.74, 6) is 2.20. The summed E-state index contributed by atoms with van der Waals surface area (Å²) in [6.07, 6.45) is 3.58. The number of aryl methyl sites for hydroxylation is 2. The molecule has 1 atom stereocenters. The lowest BCUT2D eigenvalue weighted by Gasteiger charge is -2.37. The lowest BCUT2D eigenvalue weighted by atomic mass is 9.94. The SMILES string of the molecule is CCOc1ccccc1C1c2c(C)nn(-c3ccc(C)cc3)c2N=C2C(Cl)=CC(Cl)=CN21. The fourth-order valence-corrected chi connectivity index (χ4v) is 4.73. The lowest BCUT2D eigenvalue weighted by Crippen LogP contribution is -2.36. The van der Waals surface area contributed by atoms with Crippen LogP contribution in [0.15, 0.2) is 75.9 Å². The number of allylic oxidation sites excluding steroid dienone is 2. The Morgan fingerprint density at radius 2 is 1.78 bits per heavy atom. The molecular weight excluding hydrogens is 443 g/mol. The minimum atomic E-state index is -0.240. The van der Waals surface area contributed by atoms with E-state index in [1.54, 1.807) is 6.08 Å². The molecule has 0 spiro atoms. The van der Waals surface area contributed by atoms with E-state index in [1.807, 2.05) is 60.0 Å². The molecule has 0 saturated carbocycles. The molecular formula is C25H22Cl2N4O. The molecule has 3 heterocycles. The van der Waals surface area contributed by atoms with Crippen LogP contribution in [-0.2, 0) is 0 Å². The van der Waals surface area contributed by atoms with Crippen LogP contribution in [0.4, 0.5) is 5.82 Å². The number of fused-ring (bicyclic) bond motifs is 2. The smallest absolute Gasteiger partial charge is 0.164 e. The van der Waals surface area contributed by atoms with Crippen molar-refractivity contribution in [2.24, 2.45) is 4.99 Å². The molecule has 5 rings (SSSR count). The number of hydrogen-bond acceptors (Lipinski definition) is 4. The molecule has 2 aromatic carbocycles. The maximum absolute atomic E-state index is 6.63. The topological polar surface area (TPSA) is 42.6 Å². The van der Waals surface area contributed by atoms with Crippen LogP contribution in [0, 0.1) is 13.8 Å². The van der Waals surface area contributed by atoms with Crippen LogP contribution >= 0.6 is 23.2 Å². The fraction of sp³-hybridized carbons (Fsp3) is 0.200. The molecule has 1 unspecified atom stereocenters. The van der Waals surface area contributed by atoms with Gasteiger partial charge in [-0.25, -0.2) is 9.67 Å². The first-order valence-electron chi connectivity index (χ1n) is 10.5. The molecule has 162 valence electrons. The van der Waals surface area contributed by atoms with Gasteiger partial charge in [0.05, 0.1) is 34.1 Å². The summed E-state index contributed by atoms with van der Waals surface area (Å²) in [4.78, 5) is 6.97. The second kappa shape index (κ2) is 8.15. The summed E-state index contributed by atoms with van der Waals surface area (Å²) >= 11 is 13.1. The third kappa shape index (κ3) is 3.42. The molecule has 5 nitrogen and oxygen atoms in total. The third-order valence-electron chi connectivity index (χ3n) is 5.62. The minimum Gasteiger partial charge on any atom is -0.494 e. The van der Waals surface area contributed by atoms with Crippen molar-refractivity contribution in [1.29, 1.82) is 0 Å². The van der Waals surface area contributed by atoms with Gasteiger partial charge in [0.1, 0.15) is 5.75 Å². The summed E-state index contributed by atoms with van der Waals surface area (Å²) in [7, 11) is 0. The van der Waals surface area contributed by atoms with Crippen molar-refractivity contribution in [3.8, 4) is 11.4 Å². The quantitative estimate of drug-likeness (QED) is 0.440. The Morgan fingerprint density at radius 1 is 1.03 bits per heavy atom. The predicted molar refractivity (Wildman–Crippen MR) is 129 cm³/mol. The van der Waals surface area contributed by atoms with Gasteiger partial charge >= 0.3 is 0 Å². The van der Waals surface area contributed by atoms with Crippen molar-refractivity contribution >= 4 is 34.9 Å². The molecule has 7 heteroatoms. The maximum atomic E-state index is 6.63. The molecule has 2 aliphatic rings. The van der Waals surface area contributed by atoms with Crippen molar-refractivity contribution in [3.05, 3.63) is 93.3 Å². The number of halogens is 2. The number of ether oxygens (including phenoxy) is 1. The van der Waals surface area contributed by atoms with E-state index in [-0.39, 0.29) is 6.04 Å². The van der Waals surface area contributed by atoms with E-state index in [2.05, 4.69) is 25.1 Å². The van der Waals surface area contributed by atoms with E-state index in [0.29, 0.717) is 22.5 Å². The third-order valence-corrected chi connectivity index (χ3v) is 6.11. The Bertz CT molecular complexity index is 1290. The average molecular weight is 465 g/mol. The molecule has 0 bridgehead atoms. The highest BCUT2D eigenvalue weighted by molar-refractivity contribution is 6.45. The van der Waals surface area contributed by atoms with Crippen molar-refractivity contribution in [2.45, 2.75) is 26.8 Å². The zero-order valence-corrected chi connectivity index (χ0v) is 19.5. The molecule has 0 aliphatic carbocycles. The van der Waals surface area contributed by atoms with Crippen LogP contribution in [0.5, 0.6) is 5.75 Å². The maximum Gasteiger partial charge on any atom is 0.164 e. The van der Waals surface area contributed by atoms with Gasteiger partial charge in [-0.15, -0.1) is 0 Å². The van der Waals surface area contributed by atoms with Gasteiger partial charge in [0.15, 0.2) is 11.7 Å². The molecule has 1 aromatic heterocycles. The minimum absolute atomic E-state index is 0.240. The Kier molecular flexibility index (Phi) is 5.31. The van der Waals surface area contributed by atoms with Crippen molar-refractivity contribution in [3.63, 3.8) is 0 Å². The highest BCUT2D eigenvalue weighted by atomic mass is 35.5. The number of aromatic nitrogens is 2.